The molecule has 3 nitrogen and oxygen atoms in total. The third-order valence-corrected chi connectivity index (χ3v) is 3.54. The highest BCUT2D eigenvalue weighted by molar-refractivity contribution is 5.46. The minimum atomic E-state index is -4.66. The molecule has 0 unspecified atom stereocenters. The SMILES string of the molecule is CN(CCNc1ccc(OC(F)(F)F)cc1)CCc1ccccc1. The lowest BCUT2D eigenvalue weighted by Crippen LogP contribution is -2.27. The maximum absolute atomic E-state index is 12.1. The predicted octanol–water partition coefficient (Wildman–Crippen LogP) is 4.17. The summed E-state index contributed by atoms with van der Waals surface area (Å²) in [6.07, 6.45) is -3.67. The van der Waals surface area contributed by atoms with E-state index in [-0.39, 0.29) is 5.75 Å². The van der Waals surface area contributed by atoms with Crippen LogP contribution in [0.3, 0.4) is 0 Å². The van der Waals surface area contributed by atoms with Crippen LogP contribution >= 0.6 is 0 Å². The number of hydrogen-bond donors (Lipinski definition) is 1. The normalized spacial score (nSPS) is 11.5. The predicted molar refractivity (Wildman–Crippen MR) is 89.3 cm³/mol. The van der Waals surface area contributed by atoms with Crippen molar-refractivity contribution in [3.8, 4) is 5.75 Å². The summed E-state index contributed by atoms with van der Waals surface area (Å²) >= 11 is 0. The van der Waals surface area contributed by atoms with Crippen LogP contribution in [0.5, 0.6) is 5.75 Å². The monoisotopic (exact) mass is 338 g/mol. The summed E-state index contributed by atoms with van der Waals surface area (Å²) in [5.41, 5.74) is 2.07. The molecule has 0 aliphatic heterocycles. The van der Waals surface area contributed by atoms with Crippen molar-refractivity contribution < 1.29 is 17.9 Å². The molecule has 0 heterocycles. The van der Waals surface area contributed by atoms with Crippen LogP contribution in [-0.4, -0.2) is 37.9 Å². The zero-order chi connectivity index (χ0) is 17.4. The van der Waals surface area contributed by atoms with Gasteiger partial charge in [-0.25, -0.2) is 0 Å². The van der Waals surface area contributed by atoms with E-state index in [2.05, 4.69) is 27.1 Å². The second-order valence-electron chi connectivity index (χ2n) is 5.54. The van der Waals surface area contributed by atoms with Crippen LogP contribution in [0.4, 0.5) is 18.9 Å². The summed E-state index contributed by atoms with van der Waals surface area (Å²) in [6.45, 7) is 2.50. The van der Waals surface area contributed by atoms with E-state index in [1.807, 2.05) is 25.2 Å². The number of nitrogens with zero attached hydrogens (tertiary/aromatic N) is 1. The third kappa shape index (κ3) is 6.91. The Labute approximate surface area is 140 Å². The number of ether oxygens (including phenoxy) is 1. The third-order valence-electron chi connectivity index (χ3n) is 3.54. The molecule has 0 atom stereocenters. The highest BCUT2D eigenvalue weighted by Gasteiger charge is 2.30. The Morgan fingerprint density at radius 1 is 0.958 bits per heavy atom. The number of hydrogen-bond acceptors (Lipinski definition) is 3. The maximum atomic E-state index is 12.1. The first kappa shape index (κ1) is 18.1. The van der Waals surface area contributed by atoms with Crippen LogP contribution in [0.25, 0.3) is 0 Å². The van der Waals surface area contributed by atoms with Gasteiger partial charge in [-0.05, 0) is 43.3 Å². The van der Waals surface area contributed by atoms with Crippen molar-refractivity contribution in [2.45, 2.75) is 12.8 Å². The smallest absolute Gasteiger partial charge is 0.406 e. The van der Waals surface area contributed by atoms with Gasteiger partial charge in [0.05, 0.1) is 0 Å². The van der Waals surface area contributed by atoms with Crippen LogP contribution in [0, 0.1) is 0 Å². The van der Waals surface area contributed by atoms with Gasteiger partial charge in [0.2, 0.25) is 0 Å². The van der Waals surface area contributed by atoms with Crippen molar-refractivity contribution >= 4 is 5.69 Å². The molecule has 0 saturated heterocycles. The number of nitrogens with one attached hydrogen (secondary N) is 1. The molecule has 0 spiro atoms. The van der Waals surface area contributed by atoms with E-state index in [1.54, 1.807) is 12.1 Å². The van der Waals surface area contributed by atoms with Gasteiger partial charge in [0.1, 0.15) is 5.75 Å². The van der Waals surface area contributed by atoms with Gasteiger partial charge in [-0.15, -0.1) is 13.2 Å². The lowest BCUT2D eigenvalue weighted by Gasteiger charge is -2.17. The molecule has 0 aromatic heterocycles. The summed E-state index contributed by atoms with van der Waals surface area (Å²) in [5, 5.41) is 3.19. The van der Waals surface area contributed by atoms with Gasteiger partial charge < -0.3 is 15.0 Å². The molecule has 130 valence electrons. The molecule has 0 fully saturated rings. The standard InChI is InChI=1S/C18H21F3N2O/c1-23(13-11-15-5-3-2-4-6-15)14-12-22-16-7-9-17(10-8-16)24-18(19,20)21/h2-10,22H,11-14H2,1H3. The summed E-state index contributed by atoms with van der Waals surface area (Å²) < 4.78 is 40.1. The second-order valence-corrected chi connectivity index (χ2v) is 5.54. The summed E-state index contributed by atoms with van der Waals surface area (Å²) in [5.74, 6) is -0.215. The molecule has 0 radical (unpaired) electrons. The molecule has 2 aromatic rings. The molecule has 0 saturated carbocycles. The van der Waals surface area contributed by atoms with E-state index in [1.165, 1.54) is 17.7 Å². The van der Waals surface area contributed by atoms with Crippen molar-refractivity contribution in [1.82, 2.24) is 4.90 Å². The first-order valence-electron chi connectivity index (χ1n) is 7.74. The molecular weight excluding hydrogens is 317 g/mol. The number of anilines is 1. The van der Waals surface area contributed by atoms with E-state index < -0.39 is 6.36 Å². The quantitative estimate of drug-likeness (QED) is 0.782. The van der Waals surface area contributed by atoms with Gasteiger partial charge in [-0.2, -0.15) is 0 Å². The van der Waals surface area contributed by atoms with E-state index >= 15 is 0 Å². The number of halogens is 3. The molecule has 0 bridgehead atoms. The van der Waals surface area contributed by atoms with Crippen LogP contribution < -0.4 is 10.1 Å². The van der Waals surface area contributed by atoms with Gasteiger partial charge in [0.25, 0.3) is 0 Å². The first-order valence-corrected chi connectivity index (χ1v) is 7.74. The van der Waals surface area contributed by atoms with Crippen molar-refractivity contribution in [2.24, 2.45) is 0 Å². The fourth-order valence-corrected chi connectivity index (χ4v) is 2.24. The average molecular weight is 338 g/mol. The van der Waals surface area contributed by atoms with Crippen molar-refractivity contribution in [3.05, 3.63) is 60.2 Å². The molecule has 1 N–H and O–H groups in total. The van der Waals surface area contributed by atoms with Gasteiger partial charge in [0.15, 0.2) is 0 Å². The lowest BCUT2D eigenvalue weighted by atomic mass is 10.1. The number of alkyl halides is 3. The van der Waals surface area contributed by atoms with E-state index in [0.29, 0.717) is 6.54 Å². The van der Waals surface area contributed by atoms with E-state index in [9.17, 15) is 13.2 Å². The van der Waals surface area contributed by atoms with Crippen LogP contribution in [0.15, 0.2) is 54.6 Å². The Balaban J connectivity index is 1.68. The van der Waals surface area contributed by atoms with E-state index in [0.717, 1.165) is 25.2 Å². The average Bonchev–Trinajstić information content (AvgIpc) is 2.54. The molecule has 6 heteroatoms. The van der Waals surface area contributed by atoms with Crippen LogP contribution in [0.2, 0.25) is 0 Å². The molecule has 24 heavy (non-hydrogen) atoms. The zero-order valence-corrected chi connectivity index (χ0v) is 13.5. The summed E-state index contributed by atoms with van der Waals surface area (Å²) in [6, 6.07) is 16.0. The Morgan fingerprint density at radius 2 is 1.62 bits per heavy atom. The zero-order valence-electron chi connectivity index (χ0n) is 13.5. The minimum absolute atomic E-state index is 0.215. The number of likely N-dealkylation sites (N-methyl/N-ethyl adjacent to an activating group) is 1. The topological polar surface area (TPSA) is 24.5 Å². The minimum Gasteiger partial charge on any atom is -0.406 e. The molecule has 2 rings (SSSR count). The van der Waals surface area contributed by atoms with Gasteiger partial charge in [0, 0.05) is 25.3 Å². The van der Waals surface area contributed by atoms with Gasteiger partial charge >= 0.3 is 6.36 Å². The Kier molecular flexibility index (Phi) is 6.49. The van der Waals surface area contributed by atoms with Gasteiger partial charge in [-0.1, -0.05) is 30.3 Å². The highest BCUT2D eigenvalue weighted by Crippen LogP contribution is 2.23. The van der Waals surface area contributed by atoms with Crippen LogP contribution in [-0.2, 0) is 6.42 Å². The molecule has 2 aromatic carbocycles. The summed E-state index contributed by atoms with van der Waals surface area (Å²) in [4.78, 5) is 2.21. The Bertz CT molecular complexity index is 600. The molecule has 0 amide bonds. The van der Waals surface area contributed by atoms with Crippen molar-refractivity contribution in [2.75, 3.05) is 32.0 Å². The maximum Gasteiger partial charge on any atom is 0.573 e. The van der Waals surface area contributed by atoms with Crippen molar-refractivity contribution in [1.29, 1.82) is 0 Å². The molecule has 0 aliphatic rings. The largest absolute Gasteiger partial charge is 0.573 e. The Hall–Kier alpha value is -2.21. The van der Waals surface area contributed by atoms with Crippen molar-refractivity contribution in [3.63, 3.8) is 0 Å². The molecule has 0 aliphatic carbocycles. The number of benzene rings is 2. The fraction of sp³-hybridized carbons (Fsp3) is 0.333. The second kappa shape index (κ2) is 8.59. The number of rotatable bonds is 8. The molecular formula is C18H21F3N2O. The van der Waals surface area contributed by atoms with E-state index in [4.69, 9.17) is 0 Å². The summed E-state index contributed by atoms with van der Waals surface area (Å²) in [7, 11) is 2.05. The van der Waals surface area contributed by atoms with Crippen LogP contribution in [0.1, 0.15) is 5.56 Å². The Morgan fingerprint density at radius 3 is 2.25 bits per heavy atom. The first-order chi connectivity index (χ1) is 11.4. The fourth-order valence-electron chi connectivity index (χ4n) is 2.24. The lowest BCUT2D eigenvalue weighted by molar-refractivity contribution is -0.274. The highest BCUT2D eigenvalue weighted by atomic mass is 19.4. The van der Waals surface area contributed by atoms with Gasteiger partial charge in [-0.3, -0.25) is 0 Å².